The minimum Gasteiger partial charge on any atom is -0.493 e. The molecule has 26 heavy (non-hydrogen) atoms. The molecule has 0 aromatic heterocycles. The van der Waals surface area contributed by atoms with Crippen molar-refractivity contribution in [3.63, 3.8) is 0 Å². The molecule has 1 aromatic rings. The molecule has 1 amide bonds. The lowest BCUT2D eigenvalue weighted by Crippen LogP contribution is -2.42. The zero-order chi connectivity index (χ0) is 18.8. The van der Waals surface area contributed by atoms with Gasteiger partial charge < -0.3 is 20.7 Å². The SMILES string of the molecule is CCNC(=NCc1ccccc1OCC1CC1)NCCNC(=O)C(C)C. The van der Waals surface area contributed by atoms with Crippen LogP contribution in [-0.2, 0) is 11.3 Å². The first-order valence-electron chi connectivity index (χ1n) is 9.60. The third-order valence-corrected chi connectivity index (χ3v) is 4.14. The lowest BCUT2D eigenvalue weighted by atomic mass is 10.2. The second kappa shape index (κ2) is 10.7. The van der Waals surface area contributed by atoms with Crippen LogP contribution in [0.2, 0.25) is 0 Å². The highest BCUT2D eigenvalue weighted by Gasteiger charge is 2.22. The normalized spacial score (nSPS) is 14.2. The Bertz CT molecular complexity index is 597. The number of guanidine groups is 1. The second-order valence-electron chi connectivity index (χ2n) is 6.93. The predicted octanol–water partition coefficient (Wildman–Crippen LogP) is 2.30. The third-order valence-electron chi connectivity index (χ3n) is 4.14. The molecule has 6 nitrogen and oxygen atoms in total. The highest BCUT2D eigenvalue weighted by atomic mass is 16.5. The standard InChI is InChI=1S/C20H32N4O2/c1-4-21-20(23-12-11-22-19(25)15(2)3)24-13-17-7-5-6-8-18(17)26-14-16-9-10-16/h5-8,15-16H,4,9-14H2,1-3H3,(H,22,25)(H2,21,23,24). The van der Waals surface area contributed by atoms with Crippen molar-refractivity contribution in [3.8, 4) is 5.75 Å². The van der Waals surface area contributed by atoms with Crippen LogP contribution < -0.4 is 20.7 Å². The third kappa shape index (κ3) is 7.33. The summed E-state index contributed by atoms with van der Waals surface area (Å²) < 4.78 is 5.94. The van der Waals surface area contributed by atoms with E-state index in [1.807, 2.05) is 39.0 Å². The molecular formula is C20H32N4O2. The van der Waals surface area contributed by atoms with Crippen LogP contribution in [-0.4, -0.2) is 38.1 Å². The molecule has 0 spiro atoms. The Morgan fingerprint density at radius 3 is 2.62 bits per heavy atom. The van der Waals surface area contributed by atoms with Gasteiger partial charge in [0.05, 0.1) is 13.2 Å². The monoisotopic (exact) mass is 360 g/mol. The number of hydrogen-bond acceptors (Lipinski definition) is 3. The average Bonchev–Trinajstić information content (AvgIpc) is 3.46. The maximum absolute atomic E-state index is 11.6. The van der Waals surface area contributed by atoms with Gasteiger partial charge in [0.15, 0.2) is 5.96 Å². The van der Waals surface area contributed by atoms with Gasteiger partial charge in [-0.05, 0) is 31.7 Å². The van der Waals surface area contributed by atoms with Gasteiger partial charge in [-0.1, -0.05) is 32.0 Å². The number of benzene rings is 1. The number of amides is 1. The molecule has 1 aliphatic rings. The summed E-state index contributed by atoms with van der Waals surface area (Å²) in [7, 11) is 0. The Morgan fingerprint density at radius 2 is 1.92 bits per heavy atom. The smallest absolute Gasteiger partial charge is 0.222 e. The van der Waals surface area contributed by atoms with Gasteiger partial charge in [-0.25, -0.2) is 4.99 Å². The summed E-state index contributed by atoms with van der Waals surface area (Å²) in [5.74, 6) is 2.46. The molecule has 1 saturated carbocycles. The molecule has 2 rings (SSSR count). The van der Waals surface area contributed by atoms with Crippen LogP contribution in [0, 0.1) is 11.8 Å². The summed E-state index contributed by atoms with van der Waals surface area (Å²) in [4.78, 5) is 16.2. The Balaban J connectivity index is 1.84. The summed E-state index contributed by atoms with van der Waals surface area (Å²) in [6.45, 7) is 9.14. The summed E-state index contributed by atoms with van der Waals surface area (Å²) in [5.41, 5.74) is 1.08. The number of ether oxygens (including phenoxy) is 1. The molecule has 144 valence electrons. The van der Waals surface area contributed by atoms with Crippen LogP contribution in [0.4, 0.5) is 0 Å². The Hall–Kier alpha value is -2.24. The Kier molecular flexibility index (Phi) is 8.25. The number of aliphatic imine (C=N–C) groups is 1. The van der Waals surface area contributed by atoms with Gasteiger partial charge in [-0.2, -0.15) is 0 Å². The van der Waals surface area contributed by atoms with Gasteiger partial charge in [0.1, 0.15) is 5.75 Å². The summed E-state index contributed by atoms with van der Waals surface area (Å²) >= 11 is 0. The van der Waals surface area contributed by atoms with E-state index in [2.05, 4.69) is 27.0 Å². The number of para-hydroxylation sites is 1. The maximum Gasteiger partial charge on any atom is 0.222 e. The van der Waals surface area contributed by atoms with Crippen molar-refractivity contribution in [2.75, 3.05) is 26.2 Å². The first-order chi connectivity index (χ1) is 12.6. The fourth-order valence-corrected chi connectivity index (χ4v) is 2.34. The van der Waals surface area contributed by atoms with Crippen LogP contribution in [0.15, 0.2) is 29.3 Å². The van der Waals surface area contributed by atoms with Gasteiger partial charge in [0.2, 0.25) is 5.91 Å². The molecular weight excluding hydrogens is 328 g/mol. The first-order valence-corrected chi connectivity index (χ1v) is 9.60. The van der Waals surface area contributed by atoms with E-state index in [0.29, 0.717) is 19.6 Å². The summed E-state index contributed by atoms with van der Waals surface area (Å²) in [6, 6.07) is 8.07. The number of rotatable bonds is 10. The molecule has 3 N–H and O–H groups in total. The molecule has 1 fully saturated rings. The summed E-state index contributed by atoms with van der Waals surface area (Å²) in [5, 5.41) is 9.37. The van der Waals surface area contributed by atoms with Gasteiger partial charge in [0.25, 0.3) is 0 Å². The number of nitrogens with zero attached hydrogens (tertiary/aromatic N) is 1. The van der Waals surface area contributed by atoms with Crippen LogP contribution >= 0.6 is 0 Å². The lowest BCUT2D eigenvalue weighted by Gasteiger charge is -2.13. The van der Waals surface area contributed by atoms with Crippen LogP contribution in [0.1, 0.15) is 39.2 Å². The number of carbonyl (C=O) groups excluding carboxylic acids is 1. The van der Waals surface area contributed by atoms with E-state index in [1.54, 1.807) is 0 Å². The topological polar surface area (TPSA) is 74.8 Å². The van der Waals surface area contributed by atoms with Crippen molar-refractivity contribution >= 4 is 11.9 Å². The summed E-state index contributed by atoms with van der Waals surface area (Å²) in [6.07, 6.45) is 2.56. The van der Waals surface area contributed by atoms with Crippen LogP contribution in [0.25, 0.3) is 0 Å². The van der Waals surface area contributed by atoms with Crippen molar-refractivity contribution in [3.05, 3.63) is 29.8 Å². The van der Waals surface area contributed by atoms with E-state index in [4.69, 9.17) is 4.74 Å². The van der Waals surface area contributed by atoms with E-state index >= 15 is 0 Å². The number of carbonyl (C=O) groups is 1. The maximum atomic E-state index is 11.6. The zero-order valence-corrected chi connectivity index (χ0v) is 16.2. The zero-order valence-electron chi connectivity index (χ0n) is 16.2. The first kappa shape index (κ1) is 20.1. The molecule has 0 bridgehead atoms. The molecule has 6 heteroatoms. The highest BCUT2D eigenvalue weighted by Crippen LogP contribution is 2.30. The van der Waals surface area contributed by atoms with Crippen molar-refractivity contribution < 1.29 is 9.53 Å². The number of hydrogen-bond donors (Lipinski definition) is 3. The molecule has 0 radical (unpaired) electrons. The second-order valence-corrected chi connectivity index (χ2v) is 6.93. The Morgan fingerprint density at radius 1 is 1.19 bits per heavy atom. The molecule has 0 atom stereocenters. The molecule has 0 unspecified atom stereocenters. The van der Waals surface area contributed by atoms with Gasteiger partial charge in [-0.15, -0.1) is 0 Å². The van der Waals surface area contributed by atoms with E-state index in [9.17, 15) is 4.79 Å². The van der Waals surface area contributed by atoms with Crippen molar-refractivity contribution in [1.29, 1.82) is 0 Å². The average molecular weight is 361 g/mol. The molecule has 0 saturated heterocycles. The molecule has 1 aliphatic carbocycles. The number of nitrogens with one attached hydrogen (secondary N) is 3. The lowest BCUT2D eigenvalue weighted by molar-refractivity contribution is -0.123. The minimum atomic E-state index is 0.00375. The predicted molar refractivity (Wildman–Crippen MR) is 105 cm³/mol. The fraction of sp³-hybridized carbons (Fsp3) is 0.600. The van der Waals surface area contributed by atoms with Crippen LogP contribution in [0.5, 0.6) is 5.75 Å². The van der Waals surface area contributed by atoms with Crippen molar-refractivity contribution in [2.45, 2.75) is 40.2 Å². The van der Waals surface area contributed by atoms with Gasteiger partial charge in [0, 0.05) is 31.1 Å². The fourth-order valence-electron chi connectivity index (χ4n) is 2.34. The Labute approximate surface area is 156 Å². The molecule has 0 heterocycles. The van der Waals surface area contributed by atoms with Crippen molar-refractivity contribution in [1.82, 2.24) is 16.0 Å². The minimum absolute atomic E-state index is 0.00375. The highest BCUT2D eigenvalue weighted by molar-refractivity contribution is 5.80. The van der Waals surface area contributed by atoms with Crippen molar-refractivity contribution in [2.24, 2.45) is 16.8 Å². The quantitative estimate of drug-likeness (QED) is 0.340. The van der Waals surface area contributed by atoms with E-state index < -0.39 is 0 Å². The molecule has 0 aliphatic heterocycles. The van der Waals surface area contributed by atoms with E-state index in [1.165, 1.54) is 12.8 Å². The largest absolute Gasteiger partial charge is 0.493 e. The van der Waals surface area contributed by atoms with E-state index in [-0.39, 0.29) is 11.8 Å². The van der Waals surface area contributed by atoms with E-state index in [0.717, 1.165) is 36.3 Å². The van der Waals surface area contributed by atoms with Gasteiger partial charge >= 0.3 is 0 Å². The molecule has 1 aromatic carbocycles. The van der Waals surface area contributed by atoms with Crippen LogP contribution in [0.3, 0.4) is 0 Å². The van der Waals surface area contributed by atoms with Gasteiger partial charge in [-0.3, -0.25) is 4.79 Å².